The highest BCUT2D eigenvalue weighted by Crippen LogP contribution is 2.21. The van der Waals surface area contributed by atoms with Gasteiger partial charge in [-0.3, -0.25) is 58.8 Å². The second kappa shape index (κ2) is 43.1. The maximum atomic E-state index is 12.0. The van der Waals surface area contributed by atoms with E-state index in [-0.39, 0.29) is 35.4 Å². The normalized spacial score (nSPS) is 18.9. The van der Waals surface area contributed by atoms with Crippen molar-refractivity contribution in [3.63, 3.8) is 0 Å². The molecule has 6 amide bonds. The van der Waals surface area contributed by atoms with Gasteiger partial charge in [-0.1, -0.05) is 164 Å². The number of rotatable bonds is 10. The summed E-state index contributed by atoms with van der Waals surface area (Å²) in [6.07, 6.45) is 26.5. The number of benzene rings is 4. The lowest BCUT2D eigenvalue weighted by Crippen LogP contribution is -2.30. The second-order valence-electron chi connectivity index (χ2n) is 19.7. The lowest BCUT2D eigenvalue weighted by Gasteiger charge is -2.13. The molecule has 0 bridgehead atoms. The number of hydrogen-bond acceptors (Lipinski definition) is 15. The minimum absolute atomic E-state index is 0.0184. The van der Waals surface area contributed by atoms with Crippen molar-refractivity contribution in [3.05, 3.63) is 216 Å². The second-order valence-corrected chi connectivity index (χ2v) is 22.1. The van der Waals surface area contributed by atoms with Crippen molar-refractivity contribution >= 4 is 170 Å². The van der Waals surface area contributed by atoms with Crippen LogP contribution in [0.5, 0.6) is 0 Å². The lowest BCUT2D eigenvalue weighted by molar-refractivity contribution is -0.124. The van der Waals surface area contributed by atoms with Gasteiger partial charge in [0.05, 0.1) is 19.6 Å². The van der Waals surface area contributed by atoms with Crippen molar-refractivity contribution in [1.29, 1.82) is 0 Å². The van der Waals surface area contributed by atoms with Crippen molar-refractivity contribution in [2.75, 3.05) is 32.7 Å². The van der Waals surface area contributed by atoms with Crippen LogP contribution in [0.1, 0.15) is 70.4 Å². The zero-order valence-electron chi connectivity index (χ0n) is 50.3. The Balaban J connectivity index is 0.000000227. The Morgan fingerprint density at radius 2 is 0.849 bits per heavy atom. The lowest BCUT2D eigenvalue weighted by atomic mass is 9.93. The standard InChI is InChI=1S/C13H12N2OS.C10H12N2OS.C10H8N2OS.C7H10O.2C7H6O.C6H8N2OS.2C3H4N2OS/c1-2-8-15-12(16)11(14-13(15)17)9-10-6-4-3-5-7-10;2*13-9-8(11-10(14)12-9)6-7-4-2-1-3-5-7;3*8-6-7-4-2-1-3-5-7;1-2-3-8-5(9)4-7-6(8)10;2*6-2-1-4-3(7)5-2/h2-7,9H,1,8H2,(H,14,17);1-2,6-7H,3-5H2,(H2,11,12,13,14);1-6H,(H2,11,12,13,14);1-2,6-7H,3-5H2;2*1-6H;2H,1,3-4H2,(H,7,10);2*1H2,(H2,4,5,6,7)/b11-9-;2*8-6-;;;;;;. The highest BCUT2D eigenvalue weighted by Gasteiger charge is 2.29. The average Bonchev–Trinajstić information content (AvgIpc) is 1.76. The molecule has 484 valence electrons. The van der Waals surface area contributed by atoms with Gasteiger partial charge in [0.15, 0.2) is 30.7 Å². The van der Waals surface area contributed by atoms with Gasteiger partial charge in [0.2, 0.25) is 17.7 Å². The van der Waals surface area contributed by atoms with Gasteiger partial charge in [0.1, 0.15) is 35.9 Å². The van der Waals surface area contributed by atoms with Crippen LogP contribution in [-0.2, 0) is 33.6 Å². The van der Waals surface area contributed by atoms with Crippen molar-refractivity contribution in [3.8, 4) is 0 Å². The molecular weight excluding hydrogens is 1300 g/mol. The van der Waals surface area contributed by atoms with Gasteiger partial charge in [-0.15, -0.1) is 13.2 Å². The maximum absolute atomic E-state index is 12.0. The van der Waals surface area contributed by atoms with E-state index < -0.39 is 0 Å². The Kier molecular flexibility index (Phi) is 35.1. The summed E-state index contributed by atoms with van der Waals surface area (Å²) < 4.78 is 0. The summed E-state index contributed by atoms with van der Waals surface area (Å²) in [5.41, 5.74) is 4.99. The third-order valence-electron chi connectivity index (χ3n) is 12.6. The summed E-state index contributed by atoms with van der Waals surface area (Å²) in [6.45, 7) is 9.04. The summed E-state index contributed by atoms with van der Waals surface area (Å²) >= 11 is 28.7. The molecule has 4 aromatic carbocycles. The summed E-state index contributed by atoms with van der Waals surface area (Å²) in [4.78, 5) is 98.9. The first-order chi connectivity index (χ1) is 44.9. The molecule has 8 aliphatic rings. The minimum atomic E-state index is -0.182. The predicted molar refractivity (Wildman–Crippen MR) is 385 cm³/mol. The van der Waals surface area contributed by atoms with Gasteiger partial charge < -0.3 is 47.3 Å². The highest BCUT2D eigenvalue weighted by molar-refractivity contribution is 7.81. The Morgan fingerprint density at radius 1 is 0.430 bits per heavy atom. The van der Waals surface area contributed by atoms with E-state index in [9.17, 15) is 43.2 Å². The summed E-state index contributed by atoms with van der Waals surface area (Å²) in [7, 11) is 0. The average molecular weight is 1370 g/mol. The van der Waals surface area contributed by atoms with Gasteiger partial charge in [-0.25, -0.2) is 0 Å². The van der Waals surface area contributed by atoms with Crippen LogP contribution in [0.15, 0.2) is 194 Å². The zero-order valence-corrected chi connectivity index (χ0v) is 55.2. The Labute approximate surface area is 572 Å². The fraction of sp³-hybridized carbons (Fsp3) is 0.197. The van der Waals surface area contributed by atoms with E-state index >= 15 is 0 Å². The minimum Gasteiger partial charge on any atom is -0.353 e. The van der Waals surface area contributed by atoms with Crippen LogP contribution in [0, 0.1) is 11.8 Å². The van der Waals surface area contributed by atoms with Crippen LogP contribution in [-0.4, -0.2) is 127 Å². The fourth-order valence-corrected chi connectivity index (χ4v) is 9.30. The number of thiocarbonyl (C=S) groups is 6. The molecular formula is C66H70N12O9S6. The van der Waals surface area contributed by atoms with Crippen LogP contribution in [0.3, 0.4) is 0 Å². The van der Waals surface area contributed by atoms with Crippen LogP contribution in [0.2, 0.25) is 0 Å². The number of hydrogen-bond donors (Lipinski definition) is 10. The number of allylic oxidation sites excluding steroid dienone is 5. The number of nitrogens with zero attached hydrogens (tertiary/aromatic N) is 2. The van der Waals surface area contributed by atoms with Crippen molar-refractivity contribution in [1.82, 2.24) is 63.0 Å². The molecule has 10 N–H and O–H groups in total. The number of aldehydes is 3. The molecule has 4 aromatic rings. The van der Waals surface area contributed by atoms with Crippen LogP contribution < -0.4 is 53.2 Å². The number of carbonyl (C=O) groups excluding carboxylic acids is 9. The Morgan fingerprint density at radius 3 is 1.16 bits per heavy atom. The first-order valence-electron chi connectivity index (χ1n) is 28.7. The topological polar surface area (TPSA) is 280 Å². The first kappa shape index (κ1) is 75.7. The molecule has 12 rings (SSSR count). The number of amides is 6. The van der Waals surface area contributed by atoms with E-state index in [0.29, 0.717) is 92.3 Å². The summed E-state index contributed by atoms with van der Waals surface area (Å²) in [5, 5.41) is 29.0. The van der Waals surface area contributed by atoms with E-state index in [1.165, 1.54) is 9.80 Å². The molecule has 6 saturated heterocycles. The molecule has 6 aliphatic heterocycles. The molecule has 21 nitrogen and oxygen atoms in total. The molecule has 2 unspecified atom stereocenters. The molecule has 0 radical (unpaired) electrons. The third-order valence-corrected chi connectivity index (χ3v) is 14.2. The van der Waals surface area contributed by atoms with E-state index in [2.05, 4.69) is 115 Å². The van der Waals surface area contributed by atoms with E-state index in [1.54, 1.807) is 48.6 Å². The van der Waals surface area contributed by atoms with Gasteiger partial charge >= 0.3 is 0 Å². The van der Waals surface area contributed by atoms with Gasteiger partial charge in [0, 0.05) is 30.1 Å². The molecule has 0 aromatic heterocycles. The van der Waals surface area contributed by atoms with Crippen LogP contribution in [0.4, 0.5) is 0 Å². The summed E-state index contributed by atoms with van der Waals surface area (Å²) in [5.74, 6) is 0.302. The Bertz CT molecular complexity index is 3400. The monoisotopic (exact) mass is 1370 g/mol. The molecule has 0 spiro atoms. The molecule has 93 heavy (non-hydrogen) atoms. The number of nitrogens with one attached hydrogen (secondary N) is 10. The van der Waals surface area contributed by atoms with Crippen molar-refractivity contribution in [2.45, 2.75) is 38.5 Å². The largest absolute Gasteiger partial charge is 0.353 e. The quantitative estimate of drug-likeness (QED) is 0.0346. The van der Waals surface area contributed by atoms with E-state index in [4.69, 9.17) is 48.9 Å². The van der Waals surface area contributed by atoms with Gasteiger partial charge in [-0.2, -0.15) is 0 Å². The maximum Gasteiger partial charge on any atom is 0.276 e. The third kappa shape index (κ3) is 29.8. The molecule has 0 saturated carbocycles. The van der Waals surface area contributed by atoms with Gasteiger partial charge in [0.25, 0.3) is 17.7 Å². The Hall–Kier alpha value is -9.77. The first-order valence-corrected chi connectivity index (χ1v) is 31.2. The highest BCUT2D eigenvalue weighted by atomic mass is 32.1. The van der Waals surface area contributed by atoms with Gasteiger partial charge in [-0.05, 0) is 141 Å². The predicted octanol–water partition coefficient (Wildman–Crippen LogP) is 6.60. The summed E-state index contributed by atoms with van der Waals surface area (Å²) in [6, 6.07) is 37.4. The van der Waals surface area contributed by atoms with Crippen molar-refractivity contribution in [2.24, 2.45) is 11.8 Å². The van der Waals surface area contributed by atoms with Crippen LogP contribution >= 0.6 is 73.3 Å². The smallest absolute Gasteiger partial charge is 0.276 e. The molecule has 27 heteroatoms. The molecule has 6 heterocycles. The fourth-order valence-electron chi connectivity index (χ4n) is 8.01. The molecule has 6 fully saturated rings. The SMILES string of the molecule is C=CCN1C(=O)/C(=C/c2ccccc2)NC1=S.C=CCN1C(=O)CNC1=S.O=C1CNC(=S)N1.O=C1CNC(=S)N1.O=C1NC(=S)N/C1=C\C1CC=CCC1.O=C1NC(=S)N/C1=C\c1ccccc1.O=CC1CC=CCC1.O=Cc1ccccc1.O=Cc1ccccc1. The van der Waals surface area contributed by atoms with Crippen LogP contribution in [0.25, 0.3) is 12.2 Å². The van der Waals surface area contributed by atoms with Crippen molar-refractivity contribution < 1.29 is 43.2 Å². The van der Waals surface area contributed by atoms with E-state index in [0.717, 1.165) is 79.6 Å². The molecule has 2 atom stereocenters. The molecule has 2 aliphatic carbocycles. The number of carbonyl (C=O) groups is 9. The zero-order chi connectivity index (χ0) is 67.8. The van der Waals surface area contributed by atoms with E-state index in [1.807, 2.05) is 103 Å².